The van der Waals surface area contributed by atoms with E-state index in [4.69, 9.17) is 4.74 Å². The number of nitrogens with one attached hydrogen (secondary N) is 1. The van der Waals surface area contributed by atoms with Gasteiger partial charge in [-0.15, -0.1) is 0 Å². The van der Waals surface area contributed by atoms with E-state index >= 15 is 0 Å². The zero-order chi connectivity index (χ0) is 19.8. The van der Waals surface area contributed by atoms with Crippen molar-refractivity contribution in [3.8, 4) is 5.75 Å². The summed E-state index contributed by atoms with van der Waals surface area (Å²) < 4.78 is 5.37. The maximum absolute atomic E-state index is 11.1. The third kappa shape index (κ3) is 5.66. The van der Waals surface area contributed by atoms with Gasteiger partial charge in [0.15, 0.2) is 11.6 Å². The fraction of sp³-hybridized carbons (Fsp3) is 0.476. The lowest BCUT2D eigenvalue weighted by molar-refractivity contribution is -0.114. The number of hydrogen-bond donors (Lipinski definition) is 1. The second-order valence-electron chi connectivity index (χ2n) is 7.08. The topological polar surface area (TPSA) is 70.6 Å². The molecule has 0 spiro atoms. The van der Waals surface area contributed by atoms with Crippen LogP contribution in [-0.4, -0.2) is 60.6 Å². The summed E-state index contributed by atoms with van der Waals surface area (Å²) in [6.07, 6.45) is 6.71. The van der Waals surface area contributed by atoms with Gasteiger partial charge in [0.05, 0.1) is 13.3 Å². The Morgan fingerprint density at radius 1 is 1.14 bits per heavy atom. The number of piperazine rings is 1. The van der Waals surface area contributed by atoms with Crippen LogP contribution in [0.4, 0.5) is 11.5 Å². The first-order valence-corrected chi connectivity index (χ1v) is 9.83. The number of methoxy groups -OCH3 is 1. The Morgan fingerprint density at radius 2 is 1.89 bits per heavy atom. The molecular formula is C21H29N5O2. The van der Waals surface area contributed by atoms with Crippen molar-refractivity contribution in [1.29, 1.82) is 0 Å². The van der Waals surface area contributed by atoms with Crippen LogP contribution >= 0.6 is 0 Å². The van der Waals surface area contributed by atoms with Crippen LogP contribution in [0.1, 0.15) is 25.3 Å². The van der Waals surface area contributed by atoms with E-state index in [-0.39, 0.29) is 5.91 Å². The number of unbranched alkanes of at least 4 members (excludes halogenated alkanes) is 1. The molecule has 1 saturated heterocycles. The smallest absolute Gasteiger partial charge is 0.221 e. The fourth-order valence-corrected chi connectivity index (χ4v) is 3.50. The molecule has 1 aromatic heterocycles. The number of amides is 1. The molecule has 1 fully saturated rings. The lowest BCUT2D eigenvalue weighted by atomic mass is 10.1. The van der Waals surface area contributed by atoms with Crippen molar-refractivity contribution in [3.63, 3.8) is 0 Å². The van der Waals surface area contributed by atoms with Gasteiger partial charge in [0.2, 0.25) is 5.91 Å². The average molecular weight is 383 g/mol. The minimum atomic E-state index is -0.0361. The molecule has 1 aliphatic heterocycles. The number of anilines is 2. The Hall–Kier alpha value is -2.67. The van der Waals surface area contributed by atoms with Gasteiger partial charge in [0.1, 0.15) is 6.33 Å². The third-order valence-electron chi connectivity index (χ3n) is 5.01. The first-order chi connectivity index (χ1) is 13.7. The molecule has 3 rings (SSSR count). The number of aryl methyl sites for hydroxylation is 1. The van der Waals surface area contributed by atoms with Crippen LogP contribution in [0, 0.1) is 0 Å². The largest absolute Gasteiger partial charge is 0.491 e. The summed E-state index contributed by atoms with van der Waals surface area (Å²) >= 11 is 0. The van der Waals surface area contributed by atoms with Crippen LogP contribution in [0.15, 0.2) is 36.8 Å². The summed E-state index contributed by atoms with van der Waals surface area (Å²) in [4.78, 5) is 24.3. The van der Waals surface area contributed by atoms with E-state index in [2.05, 4.69) is 37.2 Å². The molecule has 28 heavy (non-hydrogen) atoms. The van der Waals surface area contributed by atoms with Gasteiger partial charge >= 0.3 is 0 Å². The highest BCUT2D eigenvalue weighted by Crippen LogP contribution is 2.24. The van der Waals surface area contributed by atoms with Gasteiger partial charge in [-0.05, 0) is 43.5 Å². The zero-order valence-corrected chi connectivity index (χ0v) is 16.7. The van der Waals surface area contributed by atoms with Gasteiger partial charge in [-0.3, -0.25) is 9.69 Å². The maximum atomic E-state index is 11.1. The molecule has 0 unspecified atom stereocenters. The Morgan fingerprint density at radius 3 is 2.57 bits per heavy atom. The van der Waals surface area contributed by atoms with Crippen molar-refractivity contribution >= 4 is 17.4 Å². The number of carbonyl (C=O) groups is 1. The summed E-state index contributed by atoms with van der Waals surface area (Å²) in [5.74, 6) is 1.59. The predicted octanol–water partition coefficient (Wildman–Crippen LogP) is 2.59. The van der Waals surface area contributed by atoms with E-state index in [0.717, 1.165) is 56.4 Å². The van der Waals surface area contributed by atoms with Gasteiger partial charge in [0, 0.05) is 38.8 Å². The van der Waals surface area contributed by atoms with E-state index in [1.165, 1.54) is 25.3 Å². The first-order valence-electron chi connectivity index (χ1n) is 9.83. The van der Waals surface area contributed by atoms with Gasteiger partial charge in [-0.1, -0.05) is 12.1 Å². The summed E-state index contributed by atoms with van der Waals surface area (Å²) in [7, 11) is 1.66. The van der Waals surface area contributed by atoms with E-state index in [1.807, 2.05) is 12.1 Å². The number of rotatable bonds is 8. The molecule has 7 heteroatoms. The molecule has 1 amide bonds. The highest BCUT2D eigenvalue weighted by Gasteiger charge is 2.20. The number of hydrogen-bond acceptors (Lipinski definition) is 6. The van der Waals surface area contributed by atoms with Crippen molar-refractivity contribution in [2.24, 2.45) is 0 Å². The molecule has 0 radical (unpaired) electrons. The number of aromatic nitrogens is 2. The molecule has 1 aromatic carbocycles. The summed E-state index contributed by atoms with van der Waals surface area (Å²) in [5, 5.41) is 2.80. The Balaban J connectivity index is 1.36. The van der Waals surface area contributed by atoms with Crippen molar-refractivity contribution < 1.29 is 9.53 Å². The van der Waals surface area contributed by atoms with E-state index < -0.39 is 0 Å². The molecular weight excluding hydrogens is 354 g/mol. The summed E-state index contributed by atoms with van der Waals surface area (Å²) in [6, 6.07) is 8.13. The lowest BCUT2D eigenvalue weighted by Gasteiger charge is -2.35. The highest BCUT2D eigenvalue weighted by atomic mass is 16.5. The molecule has 0 aliphatic carbocycles. The zero-order valence-electron chi connectivity index (χ0n) is 16.7. The van der Waals surface area contributed by atoms with Crippen LogP contribution in [0.2, 0.25) is 0 Å². The second-order valence-corrected chi connectivity index (χ2v) is 7.08. The van der Waals surface area contributed by atoms with Crippen LogP contribution in [-0.2, 0) is 11.2 Å². The molecule has 0 bridgehead atoms. The normalized spacial score (nSPS) is 14.7. The van der Waals surface area contributed by atoms with Gasteiger partial charge in [-0.2, -0.15) is 0 Å². The van der Waals surface area contributed by atoms with Crippen LogP contribution in [0.5, 0.6) is 5.75 Å². The molecule has 7 nitrogen and oxygen atoms in total. The van der Waals surface area contributed by atoms with Crippen LogP contribution in [0.3, 0.4) is 0 Å². The minimum absolute atomic E-state index is 0.0361. The van der Waals surface area contributed by atoms with E-state index in [9.17, 15) is 4.79 Å². The molecule has 0 saturated carbocycles. The Bertz CT molecular complexity index is 758. The number of nitrogens with zero attached hydrogens (tertiary/aromatic N) is 4. The standard InChI is InChI=1S/C21H29N5O2/c1-17(27)24-19-8-6-18(7-9-19)5-3-4-10-25-11-13-26(14-12-25)21-20(28-2)15-22-16-23-21/h6-9,15-16H,3-5,10-14H2,1-2H3,(H,24,27). The number of ether oxygens (including phenoxy) is 1. The van der Waals surface area contributed by atoms with E-state index in [1.54, 1.807) is 19.6 Å². The molecule has 1 aliphatic rings. The predicted molar refractivity (Wildman–Crippen MR) is 111 cm³/mol. The van der Waals surface area contributed by atoms with Gasteiger partial charge in [0.25, 0.3) is 0 Å². The summed E-state index contributed by atoms with van der Waals surface area (Å²) in [6.45, 7) is 6.64. The minimum Gasteiger partial charge on any atom is -0.491 e. The SMILES string of the molecule is COc1cncnc1N1CCN(CCCCc2ccc(NC(C)=O)cc2)CC1. The molecule has 1 N–H and O–H groups in total. The Kier molecular flexibility index (Phi) is 7.19. The number of carbonyl (C=O) groups excluding carboxylic acids is 1. The van der Waals surface area contributed by atoms with Crippen LogP contribution in [0.25, 0.3) is 0 Å². The third-order valence-corrected chi connectivity index (χ3v) is 5.01. The van der Waals surface area contributed by atoms with Crippen molar-refractivity contribution in [1.82, 2.24) is 14.9 Å². The maximum Gasteiger partial charge on any atom is 0.221 e. The molecule has 2 heterocycles. The second kappa shape index (κ2) is 10.0. The fourth-order valence-electron chi connectivity index (χ4n) is 3.50. The van der Waals surface area contributed by atoms with Crippen molar-refractivity contribution in [3.05, 3.63) is 42.4 Å². The van der Waals surface area contributed by atoms with E-state index in [0.29, 0.717) is 0 Å². The quantitative estimate of drug-likeness (QED) is 0.707. The molecule has 0 atom stereocenters. The Labute approximate surface area is 166 Å². The highest BCUT2D eigenvalue weighted by molar-refractivity contribution is 5.88. The average Bonchev–Trinajstić information content (AvgIpc) is 2.72. The van der Waals surface area contributed by atoms with Crippen molar-refractivity contribution in [2.45, 2.75) is 26.2 Å². The van der Waals surface area contributed by atoms with Crippen LogP contribution < -0.4 is 15.0 Å². The van der Waals surface area contributed by atoms with Gasteiger partial charge < -0.3 is 15.0 Å². The molecule has 150 valence electrons. The van der Waals surface area contributed by atoms with Crippen molar-refractivity contribution in [2.75, 3.05) is 50.1 Å². The monoisotopic (exact) mass is 383 g/mol. The summed E-state index contributed by atoms with van der Waals surface area (Å²) in [5.41, 5.74) is 2.17. The van der Waals surface area contributed by atoms with Gasteiger partial charge in [-0.25, -0.2) is 9.97 Å². The lowest BCUT2D eigenvalue weighted by Crippen LogP contribution is -2.47. The number of benzene rings is 1. The molecule has 2 aromatic rings. The first kappa shape index (κ1) is 20.1.